The molecular formula is C28H38N4O7. The van der Waals surface area contributed by atoms with Crippen molar-refractivity contribution in [2.45, 2.75) is 32.9 Å². The van der Waals surface area contributed by atoms with E-state index in [1.54, 1.807) is 46.2 Å². The molecule has 2 atom stereocenters. The van der Waals surface area contributed by atoms with E-state index < -0.39 is 12.1 Å². The second-order valence-corrected chi connectivity index (χ2v) is 9.57. The summed E-state index contributed by atoms with van der Waals surface area (Å²) in [6, 6.07) is 8.76. The fraction of sp³-hybridized carbons (Fsp3) is 0.464. The van der Waals surface area contributed by atoms with Crippen molar-refractivity contribution in [3.63, 3.8) is 0 Å². The zero-order valence-electron chi connectivity index (χ0n) is 23.6. The summed E-state index contributed by atoms with van der Waals surface area (Å²) in [5, 5.41) is 5.56. The number of para-hydroxylation sites is 2. The molecule has 1 saturated heterocycles. The molecule has 1 fully saturated rings. The zero-order valence-corrected chi connectivity index (χ0v) is 23.6. The number of nitrogens with zero attached hydrogens (tertiary/aromatic N) is 2. The molecule has 3 rings (SSSR count). The number of nitrogens with one attached hydrogen (secondary N) is 2. The molecule has 11 heteroatoms. The number of ether oxygens (including phenoxy) is 4. The largest absolute Gasteiger partial charge is 0.495 e. The highest BCUT2D eigenvalue weighted by atomic mass is 16.5. The third-order valence-corrected chi connectivity index (χ3v) is 6.69. The number of amides is 4. The second kappa shape index (κ2) is 13.1. The highest BCUT2D eigenvalue weighted by Gasteiger charge is 2.35. The lowest BCUT2D eigenvalue weighted by Crippen LogP contribution is -2.60. The van der Waals surface area contributed by atoms with E-state index in [1.807, 2.05) is 20.8 Å². The Morgan fingerprint density at radius 2 is 1.51 bits per heavy atom. The predicted molar refractivity (Wildman–Crippen MR) is 147 cm³/mol. The van der Waals surface area contributed by atoms with Gasteiger partial charge in [0.05, 0.1) is 34.1 Å². The number of rotatable bonds is 9. The molecule has 2 aromatic rings. The number of carbonyl (C=O) groups excluding carboxylic acids is 3. The Kier molecular flexibility index (Phi) is 9.86. The minimum absolute atomic E-state index is 0.157. The molecule has 1 heterocycles. The summed E-state index contributed by atoms with van der Waals surface area (Å²) in [7, 11) is 6.01. The van der Waals surface area contributed by atoms with Crippen molar-refractivity contribution < 1.29 is 33.3 Å². The summed E-state index contributed by atoms with van der Waals surface area (Å²) in [4.78, 5) is 43.1. The van der Waals surface area contributed by atoms with E-state index in [4.69, 9.17) is 18.9 Å². The Morgan fingerprint density at radius 3 is 2.05 bits per heavy atom. The standard InChI is InChI=1S/C28H38N4O7/c1-17(2)24(30-28(35)29-20-10-8-9-11-21(20)36-4)27(34)31-12-13-32(18(3)16-31)26(33)19-14-22(37-5)25(39-7)23(15-19)38-6/h8-11,14-15,17-18,24H,12-13,16H2,1-7H3,(H2,29,30,35). The molecule has 0 saturated carbocycles. The SMILES string of the molecule is COc1ccccc1NC(=O)NC(C(=O)N1CCN(C(=O)c2cc(OC)c(OC)c(OC)c2)C(C)C1)C(C)C. The van der Waals surface area contributed by atoms with Crippen molar-refractivity contribution in [1.82, 2.24) is 15.1 Å². The summed E-state index contributed by atoms with van der Waals surface area (Å²) < 4.78 is 21.4. The van der Waals surface area contributed by atoms with Crippen LogP contribution in [0.2, 0.25) is 0 Å². The Labute approximate surface area is 229 Å². The molecule has 0 aliphatic carbocycles. The van der Waals surface area contributed by atoms with Crippen LogP contribution in [-0.4, -0.2) is 87.8 Å². The van der Waals surface area contributed by atoms with Gasteiger partial charge in [-0.3, -0.25) is 9.59 Å². The minimum Gasteiger partial charge on any atom is -0.495 e. The van der Waals surface area contributed by atoms with Crippen molar-refractivity contribution in [3.8, 4) is 23.0 Å². The number of methoxy groups -OCH3 is 4. The summed E-state index contributed by atoms with van der Waals surface area (Å²) in [6.45, 7) is 6.63. The van der Waals surface area contributed by atoms with Crippen LogP contribution in [0.25, 0.3) is 0 Å². The van der Waals surface area contributed by atoms with Crippen LogP contribution >= 0.6 is 0 Å². The normalized spacial score (nSPS) is 15.8. The predicted octanol–water partition coefficient (Wildman–Crippen LogP) is 3.24. The van der Waals surface area contributed by atoms with Gasteiger partial charge in [-0.1, -0.05) is 26.0 Å². The lowest BCUT2D eigenvalue weighted by molar-refractivity contribution is -0.136. The fourth-order valence-corrected chi connectivity index (χ4v) is 4.59. The molecule has 11 nitrogen and oxygen atoms in total. The van der Waals surface area contributed by atoms with Gasteiger partial charge < -0.3 is 39.4 Å². The van der Waals surface area contributed by atoms with Gasteiger partial charge in [-0.25, -0.2) is 4.79 Å². The van der Waals surface area contributed by atoms with Crippen LogP contribution in [0, 0.1) is 5.92 Å². The molecule has 2 N–H and O–H groups in total. The Bertz CT molecular complexity index is 1160. The Hall–Kier alpha value is -4.15. The van der Waals surface area contributed by atoms with Crippen molar-refractivity contribution in [2.24, 2.45) is 5.92 Å². The van der Waals surface area contributed by atoms with Crippen LogP contribution < -0.4 is 29.6 Å². The highest BCUT2D eigenvalue weighted by molar-refractivity contribution is 5.97. The van der Waals surface area contributed by atoms with Crippen molar-refractivity contribution in [2.75, 3.05) is 53.4 Å². The number of carbonyl (C=O) groups is 3. The monoisotopic (exact) mass is 542 g/mol. The third-order valence-electron chi connectivity index (χ3n) is 6.69. The van der Waals surface area contributed by atoms with Gasteiger partial charge in [0, 0.05) is 31.2 Å². The molecule has 0 bridgehead atoms. The van der Waals surface area contributed by atoms with Gasteiger partial charge >= 0.3 is 6.03 Å². The maximum absolute atomic E-state index is 13.5. The molecule has 1 aliphatic heterocycles. The summed E-state index contributed by atoms with van der Waals surface area (Å²) in [5.74, 6) is 1.13. The average molecular weight is 543 g/mol. The Morgan fingerprint density at radius 1 is 0.897 bits per heavy atom. The summed E-state index contributed by atoms with van der Waals surface area (Å²) >= 11 is 0. The van der Waals surface area contributed by atoms with E-state index in [0.717, 1.165) is 0 Å². The minimum atomic E-state index is -0.746. The smallest absolute Gasteiger partial charge is 0.320 e. The molecular weight excluding hydrogens is 504 g/mol. The highest BCUT2D eigenvalue weighted by Crippen LogP contribution is 2.38. The second-order valence-electron chi connectivity index (χ2n) is 9.57. The van der Waals surface area contributed by atoms with Crippen LogP contribution in [0.15, 0.2) is 36.4 Å². The number of hydrogen-bond acceptors (Lipinski definition) is 7. The molecule has 39 heavy (non-hydrogen) atoms. The van der Waals surface area contributed by atoms with Gasteiger partial charge in [-0.15, -0.1) is 0 Å². The van der Waals surface area contributed by atoms with Crippen LogP contribution in [0.4, 0.5) is 10.5 Å². The number of benzene rings is 2. The lowest BCUT2D eigenvalue weighted by Gasteiger charge is -2.41. The summed E-state index contributed by atoms with van der Waals surface area (Å²) in [5.41, 5.74) is 0.894. The van der Waals surface area contributed by atoms with Gasteiger partial charge in [0.25, 0.3) is 5.91 Å². The van der Waals surface area contributed by atoms with Crippen molar-refractivity contribution in [1.29, 1.82) is 0 Å². The van der Waals surface area contributed by atoms with Crippen molar-refractivity contribution >= 4 is 23.5 Å². The molecule has 2 aromatic carbocycles. The molecule has 1 aliphatic rings. The molecule has 2 unspecified atom stereocenters. The topological polar surface area (TPSA) is 119 Å². The van der Waals surface area contributed by atoms with Crippen LogP contribution in [-0.2, 0) is 4.79 Å². The van der Waals surface area contributed by atoms with E-state index in [0.29, 0.717) is 53.9 Å². The molecule has 0 spiro atoms. The first kappa shape index (κ1) is 29.4. The first-order valence-electron chi connectivity index (χ1n) is 12.7. The fourth-order valence-electron chi connectivity index (χ4n) is 4.59. The van der Waals surface area contributed by atoms with Crippen molar-refractivity contribution in [3.05, 3.63) is 42.0 Å². The molecule has 0 radical (unpaired) electrons. The van der Waals surface area contributed by atoms with E-state index in [1.165, 1.54) is 28.4 Å². The zero-order chi connectivity index (χ0) is 28.7. The van der Waals surface area contributed by atoms with Crippen LogP contribution in [0.5, 0.6) is 23.0 Å². The lowest BCUT2D eigenvalue weighted by atomic mass is 10.0. The average Bonchev–Trinajstić information content (AvgIpc) is 2.94. The number of piperazine rings is 1. The van der Waals surface area contributed by atoms with Crippen LogP contribution in [0.1, 0.15) is 31.1 Å². The molecule has 212 valence electrons. The van der Waals surface area contributed by atoms with E-state index >= 15 is 0 Å². The third kappa shape index (κ3) is 6.65. The number of hydrogen-bond donors (Lipinski definition) is 2. The number of anilines is 1. The van der Waals surface area contributed by atoms with E-state index in [2.05, 4.69) is 10.6 Å². The summed E-state index contributed by atoms with van der Waals surface area (Å²) in [6.07, 6.45) is 0. The van der Waals surface area contributed by atoms with Gasteiger partial charge in [-0.05, 0) is 37.1 Å². The first-order chi connectivity index (χ1) is 18.6. The quantitative estimate of drug-likeness (QED) is 0.499. The van der Waals surface area contributed by atoms with Gasteiger partial charge in [0.2, 0.25) is 11.7 Å². The maximum Gasteiger partial charge on any atom is 0.320 e. The maximum atomic E-state index is 13.5. The van der Waals surface area contributed by atoms with Crippen LogP contribution in [0.3, 0.4) is 0 Å². The molecule has 4 amide bonds. The van der Waals surface area contributed by atoms with Gasteiger partial charge in [-0.2, -0.15) is 0 Å². The van der Waals surface area contributed by atoms with Gasteiger partial charge in [0.15, 0.2) is 11.5 Å². The molecule has 0 aromatic heterocycles. The van der Waals surface area contributed by atoms with E-state index in [-0.39, 0.29) is 23.8 Å². The van der Waals surface area contributed by atoms with Gasteiger partial charge in [0.1, 0.15) is 11.8 Å². The van der Waals surface area contributed by atoms with E-state index in [9.17, 15) is 14.4 Å². The Balaban J connectivity index is 1.69. The first-order valence-corrected chi connectivity index (χ1v) is 12.7. The number of urea groups is 1.